The van der Waals surface area contributed by atoms with Crippen LogP contribution in [0.1, 0.15) is 21.5 Å². The first-order valence-electron chi connectivity index (χ1n) is 7.65. The van der Waals surface area contributed by atoms with Crippen molar-refractivity contribution in [3.63, 3.8) is 0 Å². The number of halogens is 3. The maximum absolute atomic E-state index is 12.4. The number of phenols is 1. The molecule has 134 valence electrons. The molecule has 1 heterocycles. The molecule has 0 aliphatic carbocycles. The van der Waals surface area contributed by atoms with Crippen LogP contribution in [0.5, 0.6) is 5.75 Å². The van der Waals surface area contributed by atoms with Crippen molar-refractivity contribution >= 4 is 40.7 Å². The molecule has 5 nitrogen and oxygen atoms in total. The molecule has 8 heteroatoms. The highest BCUT2D eigenvalue weighted by molar-refractivity contribution is 6.45. The van der Waals surface area contributed by atoms with E-state index < -0.39 is 11.7 Å². The first-order chi connectivity index (χ1) is 12.5. The minimum Gasteiger partial charge on any atom is -0.505 e. The Morgan fingerprint density at radius 2 is 1.81 bits per heavy atom. The molecule has 1 aromatic heterocycles. The minimum absolute atomic E-state index is 0.0347. The number of carbonyl (C=O) groups excluding carboxylic acids is 1. The van der Waals surface area contributed by atoms with Crippen LogP contribution >= 0.6 is 34.8 Å². The van der Waals surface area contributed by atoms with Crippen LogP contribution in [0.15, 0.2) is 48.8 Å². The van der Waals surface area contributed by atoms with Gasteiger partial charge in [-0.3, -0.25) is 9.48 Å². The van der Waals surface area contributed by atoms with Gasteiger partial charge in [0.25, 0.3) is 5.91 Å². The Labute approximate surface area is 165 Å². The van der Waals surface area contributed by atoms with Gasteiger partial charge in [0, 0.05) is 18.9 Å². The van der Waals surface area contributed by atoms with Crippen molar-refractivity contribution in [2.75, 3.05) is 0 Å². The molecule has 0 bridgehead atoms. The Balaban J connectivity index is 1.67. The van der Waals surface area contributed by atoms with Crippen LogP contribution in [0.25, 0.3) is 0 Å². The SMILES string of the molecule is O=C(NCc1ccc(Cn2cccn2)cc1)c1c(O)c(Cl)cc(Cl)c1Cl. The number of aromatic hydroxyl groups is 1. The van der Waals surface area contributed by atoms with Gasteiger partial charge in [0.2, 0.25) is 0 Å². The fraction of sp³-hybridized carbons (Fsp3) is 0.111. The maximum Gasteiger partial charge on any atom is 0.256 e. The molecule has 0 atom stereocenters. The fourth-order valence-electron chi connectivity index (χ4n) is 2.41. The monoisotopic (exact) mass is 409 g/mol. The van der Waals surface area contributed by atoms with Crippen LogP contribution < -0.4 is 5.32 Å². The first kappa shape index (κ1) is 18.6. The normalized spacial score (nSPS) is 10.7. The third kappa shape index (κ3) is 4.12. The number of rotatable bonds is 5. The van der Waals surface area contributed by atoms with Crippen molar-refractivity contribution in [1.29, 1.82) is 0 Å². The minimum atomic E-state index is -0.558. The van der Waals surface area contributed by atoms with Crippen LogP contribution in [-0.4, -0.2) is 20.8 Å². The van der Waals surface area contributed by atoms with Crippen LogP contribution in [0.4, 0.5) is 0 Å². The van der Waals surface area contributed by atoms with Crippen molar-refractivity contribution < 1.29 is 9.90 Å². The topological polar surface area (TPSA) is 67.2 Å². The van der Waals surface area contributed by atoms with Gasteiger partial charge in [-0.25, -0.2) is 0 Å². The number of aromatic nitrogens is 2. The molecule has 0 spiro atoms. The lowest BCUT2D eigenvalue weighted by atomic mass is 10.1. The lowest BCUT2D eigenvalue weighted by molar-refractivity contribution is 0.0948. The standard InChI is InChI=1S/C18H14Cl3N3O2/c19-13-8-14(20)17(25)15(16(13)21)18(26)22-9-11-2-4-12(5-3-11)10-24-7-1-6-23-24/h1-8,25H,9-10H2,(H,22,26). The Bertz CT molecular complexity index is 900. The van der Waals surface area contributed by atoms with Crippen LogP contribution in [0.3, 0.4) is 0 Å². The molecule has 26 heavy (non-hydrogen) atoms. The summed E-state index contributed by atoms with van der Waals surface area (Å²) in [5.41, 5.74) is 1.84. The van der Waals surface area contributed by atoms with E-state index in [9.17, 15) is 9.90 Å². The van der Waals surface area contributed by atoms with Gasteiger partial charge in [0.1, 0.15) is 11.3 Å². The highest BCUT2D eigenvalue weighted by Crippen LogP contribution is 2.38. The van der Waals surface area contributed by atoms with Gasteiger partial charge in [-0.15, -0.1) is 0 Å². The summed E-state index contributed by atoms with van der Waals surface area (Å²) in [5.74, 6) is -0.953. The van der Waals surface area contributed by atoms with Crippen LogP contribution in [-0.2, 0) is 13.1 Å². The average molecular weight is 411 g/mol. The summed E-state index contributed by atoms with van der Waals surface area (Å²) in [6.45, 7) is 0.935. The zero-order valence-corrected chi connectivity index (χ0v) is 15.7. The summed E-state index contributed by atoms with van der Waals surface area (Å²) in [7, 11) is 0. The largest absolute Gasteiger partial charge is 0.505 e. The Hall–Kier alpha value is -2.21. The molecule has 2 N–H and O–H groups in total. The number of hydrogen-bond acceptors (Lipinski definition) is 3. The Morgan fingerprint density at radius 1 is 1.12 bits per heavy atom. The second-order valence-electron chi connectivity index (χ2n) is 5.58. The third-order valence-electron chi connectivity index (χ3n) is 3.75. The molecule has 0 radical (unpaired) electrons. The molecule has 2 aromatic carbocycles. The van der Waals surface area contributed by atoms with Gasteiger partial charge in [-0.05, 0) is 23.3 Å². The molecule has 0 aliphatic rings. The van der Waals surface area contributed by atoms with Crippen molar-refractivity contribution in [2.24, 2.45) is 0 Å². The lowest BCUT2D eigenvalue weighted by Crippen LogP contribution is -2.23. The van der Waals surface area contributed by atoms with Gasteiger partial charge in [0.05, 0.1) is 21.6 Å². The molecule has 0 saturated carbocycles. The summed E-state index contributed by atoms with van der Waals surface area (Å²) in [6.07, 6.45) is 3.62. The van der Waals surface area contributed by atoms with Crippen molar-refractivity contribution in [3.05, 3.63) is 80.6 Å². The van der Waals surface area contributed by atoms with E-state index in [-0.39, 0.29) is 27.2 Å². The summed E-state index contributed by atoms with van der Waals surface area (Å²) < 4.78 is 1.82. The quantitative estimate of drug-likeness (QED) is 0.607. The summed E-state index contributed by atoms with van der Waals surface area (Å²) in [5, 5.41) is 16.9. The zero-order valence-electron chi connectivity index (χ0n) is 13.4. The number of carbonyl (C=O) groups is 1. The molecule has 0 saturated heterocycles. The number of hydrogen-bond donors (Lipinski definition) is 2. The molecule has 0 aliphatic heterocycles. The van der Waals surface area contributed by atoms with E-state index in [0.717, 1.165) is 11.1 Å². The molecule has 0 fully saturated rings. The molecule has 1 amide bonds. The van der Waals surface area contributed by atoms with E-state index in [0.29, 0.717) is 6.54 Å². The average Bonchev–Trinajstić information content (AvgIpc) is 3.13. The van der Waals surface area contributed by atoms with E-state index in [1.165, 1.54) is 6.07 Å². The number of amides is 1. The third-order valence-corrected chi connectivity index (χ3v) is 4.83. The van der Waals surface area contributed by atoms with Crippen LogP contribution in [0, 0.1) is 0 Å². The second-order valence-corrected chi connectivity index (χ2v) is 6.77. The van der Waals surface area contributed by atoms with Crippen molar-refractivity contribution in [1.82, 2.24) is 15.1 Å². The van der Waals surface area contributed by atoms with E-state index in [4.69, 9.17) is 34.8 Å². The first-order valence-corrected chi connectivity index (χ1v) is 8.79. The predicted octanol–water partition coefficient (Wildman–Crippen LogP) is 4.53. The molecule has 3 rings (SSSR count). The van der Waals surface area contributed by atoms with Gasteiger partial charge in [-0.1, -0.05) is 59.1 Å². The zero-order chi connectivity index (χ0) is 18.7. The van der Waals surface area contributed by atoms with E-state index in [2.05, 4.69) is 10.4 Å². The summed E-state index contributed by atoms with van der Waals surface area (Å²) >= 11 is 17.8. The number of nitrogens with one attached hydrogen (secondary N) is 1. The van der Waals surface area contributed by atoms with E-state index in [1.54, 1.807) is 6.20 Å². The van der Waals surface area contributed by atoms with Gasteiger partial charge in [-0.2, -0.15) is 5.10 Å². The lowest BCUT2D eigenvalue weighted by Gasteiger charge is -2.11. The van der Waals surface area contributed by atoms with E-state index >= 15 is 0 Å². The highest BCUT2D eigenvalue weighted by Gasteiger charge is 2.21. The Morgan fingerprint density at radius 3 is 2.46 bits per heavy atom. The number of benzene rings is 2. The fourth-order valence-corrected chi connectivity index (χ4v) is 3.10. The second kappa shape index (κ2) is 7.99. The number of nitrogens with zero attached hydrogens (tertiary/aromatic N) is 2. The maximum atomic E-state index is 12.4. The number of phenolic OH excluding ortho intramolecular Hbond substituents is 1. The highest BCUT2D eigenvalue weighted by atomic mass is 35.5. The molecular weight excluding hydrogens is 397 g/mol. The van der Waals surface area contributed by atoms with Crippen LogP contribution in [0.2, 0.25) is 15.1 Å². The molecule has 3 aromatic rings. The molecule has 0 unspecified atom stereocenters. The molecular formula is C18H14Cl3N3O2. The smallest absolute Gasteiger partial charge is 0.256 e. The Kier molecular flexibility index (Phi) is 5.71. The predicted molar refractivity (Wildman–Crippen MR) is 102 cm³/mol. The van der Waals surface area contributed by atoms with Gasteiger partial charge < -0.3 is 10.4 Å². The van der Waals surface area contributed by atoms with Crippen molar-refractivity contribution in [3.8, 4) is 5.75 Å². The van der Waals surface area contributed by atoms with Gasteiger partial charge in [0.15, 0.2) is 0 Å². The van der Waals surface area contributed by atoms with Gasteiger partial charge >= 0.3 is 0 Å². The van der Waals surface area contributed by atoms with Crippen molar-refractivity contribution in [2.45, 2.75) is 13.1 Å². The van der Waals surface area contributed by atoms with E-state index in [1.807, 2.05) is 41.2 Å². The summed E-state index contributed by atoms with van der Waals surface area (Å²) in [6, 6.07) is 10.9. The summed E-state index contributed by atoms with van der Waals surface area (Å²) in [4.78, 5) is 12.4.